The van der Waals surface area contributed by atoms with Gasteiger partial charge in [0.15, 0.2) is 10.2 Å². The van der Waals surface area contributed by atoms with Crippen molar-refractivity contribution in [1.29, 1.82) is 0 Å². The zero-order chi connectivity index (χ0) is 25.8. The van der Waals surface area contributed by atoms with E-state index in [2.05, 4.69) is 28.1 Å². The molecular formula is C29H22N4O3S2. The lowest BCUT2D eigenvalue weighted by atomic mass is 9.72. The van der Waals surface area contributed by atoms with Crippen molar-refractivity contribution in [3.05, 3.63) is 96.2 Å². The Bertz CT molecular complexity index is 1690. The highest BCUT2D eigenvalue weighted by molar-refractivity contribution is 8.40. The molecule has 38 heavy (non-hydrogen) atoms. The summed E-state index contributed by atoms with van der Waals surface area (Å²) in [6.45, 7) is 0. The van der Waals surface area contributed by atoms with Gasteiger partial charge in [0.2, 0.25) is 0 Å². The Morgan fingerprint density at radius 3 is 2.47 bits per heavy atom. The van der Waals surface area contributed by atoms with E-state index in [1.165, 1.54) is 4.90 Å². The number of anilines is 2. The van der Waals surface area contributed by atoms with Gasteiger partial charge in [-0.2, -0.15) is 0 Å². The quantitative estimate of drug-likeness (QED) is 0.375. The molecule has 4 aromatic rings. The number of carbonyl (C=O) groups excluding carboxylic acids is 3. The molecule has 5 aliphatic rings. The summed E-state index contributed by atoms with van der Waals surface area (Å²) in [4.78, 5) is 49.2. The first kappa shape index (κ1) is 22.3. The molecule has 4 fully saturated rings. The molecule has 5 aliphatic heterocycles. The number of carbonyl (C=O) groups is 3. The number of thioether (sulfide) groups is 2. The van der Waals surface area contributed by atoms with Crippen LogP contribution in [0, 0.1) is 0 Å². The number of rotatable bonds is 2. The molecular weight excluding hydrogens is 516 g/mol. The maximum Gasteiger partial charge on any atom is 0.260 e. The molecule has 0 aliphatic carbocycles. The summed E-state index contributed by atoms with van der Waals surface area (Å²) >= 11 is 1.96. The Morgan fingerprint density at radius 2 is 1.63 bits per heavy atom. The second-order valence-corrected chi connectivity index (χ2v) is 12.8. The molecule has 0 radical (unpaired) electrons. The smallest absolute Gasteiger partial charge is 0.260 e. The maximum atomic E-state index is 14.3. The zero-order valence-corrected chi connectivity index (χ0v) is 22.0. The Labute approximate surface area is 227 Å². The molecule has 1 N–H and O–H groups in total. The van der Waals surface area contributed by atoms with Crippen LogP contribution in [-0.2, 0) is 15.0 Å². The second kappa shape index (κ2) is 7.45. The summed E-state index contributed by atoms with van der Waals surface area (Å²) in [5, 5.41) is 0.169. The second-order valence-electron chi connectivity index (χ2n) is 10.2. The highest BCUT2D eigenvalue weighted by Gasteiger charge is 2.76. The van der Waals surface area contributed by atoms with Crippen LogP contribution in [-0.4, -0.2) is 54.5 Å². The third-order valence-electron chi connectivity index (χ3n) is 8.50. The fourth-order valence-electron chi connectivity index (χ4n) is 7.08. The lowest BCUT2D eigenvalue weighted by Gasteiger charge is -2.47. The SMILES string of the molecule is CN1C(=O)C23CC4(c5c[nH]c6ccccc56)c5ccccc5N(c5ccccc5)[C@@H]4N2C(=O)[C@H]1SC(=O)S3. The molecule has 3 aromatic carbocycles. The molecule has 0 saturated carbocycles. The Hall–Kier alpha value is -3.69. The van der Waals surface area contributed by atoms with Crippen LogP contribution in [0.2, 0.25) is 0 Å². The number of aromatic amines is 1. The number of hydrogen-bond acceptors (Lipinski definition) is 6. The van der Waals surface area contributed by atoms with Gasteiger partial charge in [-0.25, -0.2) is 0 Å². The first-order valence-electron chi connectivity index (χ1n) is 12.5. The highest BCUT2D eigenvalue weighted by Crippen LogP contribution is 2.67. The van der Waals surface area contributed by atoms with Crippen LogP contribution in [0.15, 0.2) is 85.1 Å². The average Bonchev–Trinajstić information content (AvgIpc) is 3.53. The van der Waals surface area contributed by atoms with Crippen molar-refractivity contribution in [2.75, 3.05) is 11.9 Å². The van der Waals surface area contributed by atoms with Crippen LogP contribution in [0.3, 0.4) is 0 Å². The number of amides is 2. The summed E-state index contributed by atoms with van der Waals surface area (Å²) in [6, 6.07) is 26.4. The fraction of sp³-hybridized carbons (Fsp3) is 0.207. The van der Waals surface area contributed by atoms with Crippen molar-refractivity contribution in [3.8, 4) is 0 Å². The van der Waals surface area contributed by atoms with Crippen LogP contribution in [0.4, 0.5) is 16.2 Å². The number of nitrogens with one attached hydrogen (secondary N) is 1. The first-order chi connectivity index (χ1) is 18.5. The van der Waals surface area contributed by atoms with E-state index in [0.29, 0.717) is 6.42 Å². The molecule has 9 heteroatoms. The van der Waals surface area contributed by atoms with Crippen molar-refractivity contribution < 1.29 is 14.4 Å². The molecule has 7 nitrogen and oxygen atoms in total. The van der Waals surface area contributed by atoms with Crippen LogP contribution in [0.25, 0.3) is 10.9 Å². The molecule has 4 atom stereocenters. The minimum atomic E-state index is -1.34. The van der Waals surface area contributed by atoms with E-state index in [1.807, 2.05) is 66.9 Å². The Morgan fingerprint density at radius 1 is 0.895 bits per heavy atom. The number of benzene rings is 3. The molecule has 2 bridgehead atoms. The third kappa shape index (κ3) is 2.51. The minimum absolute atomic E-state index is 0.190. The molecule has 4 saturated heterocycles. The van der Waals surface area contributed by atoms with E-state index in [-0.39, 0.29) is 16.3 Å². The summed E-state index contributed by atoms with van der Waals surface area (Å²) in [5.74, 6) is -0.388. The lowest BCUT2D eigenvalue weighted by molar-refractivity contribution is -0.157. The van der Waals surface area contributed by atoms with Crippen LogP contribution >= 0.6 is 23.5 Å². The minimum Gasteiger partial charge on any atom is -0.361 e. The number of para-hydroxylation sites is 3. The number of hydrogen-bond donors (Lipinski definition) is 1. The fourth-order valence-corrected chi connectivity index (χ4v) is 9.70. The molecule has 6 heterocycles. The number of likely N-dealkylation sites (N-methyl/N-ethyl adjacent to an activating group) is 1. The zero-order valence-electron chi connectivity index (χ0n) is 20.3. The van der Waals surface area contributed by atoms with Gasteiger partial charge in [-0.1, -0.05) is 54.6 Å². The number of H-pyrrole nitrogens is 1. The van der Waals surface area contributed by atoms with Gasteiger partial charge < -0.3 is 14.8 Å². The molecule has 9 rings (SSSR count). The van der Waals surface area contributed by atoms with Crippen molar-refractivity contribution in [1.82, 2.24) is 14.8 Å². The lowest BCUT2D eigenvalue weighted by Crippen LogP contribution is -2.68. The van der Waals surface area contributed by atoms with Crippen LogP contribution < -0.4 is 4.90 Å². The summed E-state index contributed by atoms with van der Waals surface area (Å²) in [5.41, 5.74) is 4.24. The Kier molecular flexibility index (Phi) is 4.37. The van der Waals surface area contributed by atoms with E-state index in [0.717, 1.165) is 56.9 Å². The van der Waals surface area contributed by atoms with Gasteiger partial charge in [0, 0.05) is 41.9 Å². The van der Waals surface area contributed by atoms with Crippen molar-refractivity contribution in [3.63, 3.8) is 0 Å². The summed E-state index contributed by atoms with van der Waals surface area (Å²) in [7, 11) is 1.64. The maximum absolute atomic E-state index is 14.3. The van der Waals surface area contributed by atoms with Gasteiger partial charge in [-0.15, -0.1) is 0 Å². The standard InChI is InChI=1S/C29H22N4O3S2/c1-31-24-23(34)33-25-28(16-29(33,26(31)35)38-27(36)37-24,20-15-30-21-13-7-5-11-18(20)21)19-12-6-8-14-22(19)32(25)17-9-3-2-4-10-17/h2-15,24-25,30H,16H2,1H3/t24-,25-,28?,29?/m1/s1. The largest absolute Gasteiger partial charge is 0.361 e. The third-order valence-corrected chi connectivity index (χ3v) is 11.0. The summed E-state index contributed by atoms with van der Waals surface area (Å²) in [6.07, 6.45) is 1.79. The van der Waals surface area contributed by atoms with Gasteiger partial charge in [-0.05, 0) is 58.9 Å². The molecule has 188 valence electrons. The van der Waals surface area contributed by atoms with Gasteiger partial charge in [0.05, 0.1) is 5.41 Å². The monoisotopic (exact) mass is 538 g/mol. The summed E-state index contributed by atoms with van der Waals surface area (Å²) < 4.78 is -0.197. The first-order valence-corrected chi connectivity index (χ1v) is 14.2. The average molecular weight is 539 g/mol. The van der Waals surface area contributed by atoms with E-state index >= 15 is 0 Å². The number of piperazine rings is 1. The predicted molar refractivity (Wildman–Crippen MR) is 149 cm³/mol. The number of aromatic nitrogens is 1. The topological polar surface area (TPSA) is 76.7 Å². The normalized spacial score (nSPS) is 29.6. The van der Waals surface area contributed by atoms with Gasteiger partial charge in [-0.3, -0.25) is 19.3 Å². The van der Waals surface area contributed by atoms with Crippen LogP contribution in [0.5, 0.6) is 0 Å². The van der Waals surface area contributed by atoms with E-state index in [1.54, 1.807) is 11.9 Å². The van der Waals surface area contributed by atoms with Gasteiger partial charge in [0.25, 0.3) is 16.3 Å². The molecule has 2 unspecified atom stereocenters. The van der Waals surface area contributed by atoms with E-state index in [9.17, 15) is 14.4 Å². The number of nitrogens with zero attached hydrogens (tertiary/aromatic N) is 3. The van der Waals surface area contributed by atoms with Crippen molar-refractivity contribution >= 4 is 62.1 Å². The molecule has 1 spiro atoms. The van der Waals surface area contributed by atoms with Crippen molar-refractivity contribution in [2.24, 2.45) is 0 Å². The molecule has 2 amide bonds. The van der Waals surface area contributed by atoms with Gasteiger partial charge in [0.1, 0.15) is 6.17 Å². The van der Waals surface area contributed by atoms with Crippen LogP contribution in [0.1, 0.15) is 17.5 Å². The Balaban J connectivity index is 1.50. The van der Waals surface area contributed by atoms with E-state index < -0.39 is 21.8 Å². The van der Waals surface area contributed by atoms with Crippen molar-refractivity contribution in [2.45, 2.75) is 28.2 Å². The predicted octanol–water partition coefficient (Wildman–Crippen LogP) is 5.26. The number of fused-ring (bicyclic) bond motifs is 7. The molecule has 1 aromatic heterocycles. The highest BCUT2D eigenvalue weighted by atomic mass is 32.2. The van der Waals surface area contributed by atoms with E-state index in [4.69, 9.17) is 0 Å². The van der Waals surface area contributed by atoms with Gasteiger partial charge >= 0.3 is 0 Å².